The van der Waals surface area contributed by atoms with E-state index < -0.39 is 0 Å². The van der Waals surface area contributed by atoms with Gasteiger partial charge >= 0.3 is 0 Å². The molecule has 0 bridgehead atoms. The Bertz CT molecular complexity index is 541. The quantitative estimate of drug-likeness (QED) is 0.800. The van der Waals surface area contributed by atoms with E-state index in [2.05, 4.69) is 49.6 Å². The molecule has 1 N–H and O–H groups in total. The van der Waals surface area contributed by atoms with Crippen molar-refractivity contribution in [1.29, 1.82) is 0 Å². The predicted octanol–water partition coefficient (Wildman–Crippen LogP) is 2.42. The number of carbonyl (C=O) groups excluding carboxylic acids is 1. The predicted molar refractivity (Wildman–Crippen MR) is 74.6 cm³/mol. The average molecular weight is 308 g/mol. The second kappa shape index (κ2) is 4.39. The molecule has 1 aromatic carbocycles. The summed E-state index contributed by atoms with van der Waals surface area (Å²) < 4.78 is 1.03. The maximum Gasteiger partial charge on any atom is 0.262 e. The van der Waals surface area contributed by atoms with Gasteiger partial charge in [-0.3, -0.25) is 4.79 Å². The molecule has 2 heterocycles. The van der Waals surface area contributed by atoms with Gasteiger partial charge in [0.1, 0.15) is 11.9 Å². The summed E-state index contributed by atoms with van der Waals surface area (Å²) in [6.07, 6.45) is 2.99. The molecule has 2 aliphatic rings. The van der Waals surface area contributed by atoms with Crippen molar-refractivity contribution in [2.45, 2.75) is 32.2 Å². The Labute approximate surface area is 114 Å². The summed E-state index contributed by atoms with van der Waals surface area (Å²) in [5.74, 6) is 0.908. The van der Waals surface area contributed by atoms with Crippen molar-refractivity contribution >= 4 is 33.4 Å². The normalized spacial score (nSPS) is 22.6. The second-order valence-corrected chi connectivity index (χ2v) is 5.59. The van der Waals surface area contributed by atoms with Crippen LogP contribution in [0.2, 0.25) is 0 Å². The van der Waals surface area contributed by atoms with Gasteiger partial charge in [0.15, 0.2) is 0 Å². The number of nitrogens with one attached hydrogen (secondary N) is 1. The molecule has 0 fully saturated rings. The van der Waals surface area contributed by atoms with Gasteiger partial charge in [0, 0.05) is 16.6 Å². The fourth-order valence-electron chi connectivity index (χ4n) is 2.54. The molecular weight excluding hydrogens is 294 g/mol. The Balaban J connectivity index is 2.16. The zero-order chi connectivity index (χ0) is 12.7. The van der Waals surface area contributed by atoms with E-state index >= 15 is 0 Å². The van der Waals surface area contributed by atoms with Crippen LogP contribution in [0.4, 0.5) is 5.69 Å². The van der Waals surface area contributed by atoms with Gasteiger partial charge in [0.25, 0.3) is 5.91 Å². The van der Waals surface area contributed by atoms with Crippen LogP contribution in [-0.2, 0) is 11.2 Å². The van der Waals surface area contributed by atoms with Crippen molar-refractivity contribution in [2.75, 3.05) is 4.90 Å². The summed E-state index contributed by atoms with van der Waals surface area (Å²) in [6.45, 7) is 1.92. The van der Waals surface area contributed by atoms with Gasteiger partial charge in [-0.2, -0.15) is 5.10 Å². The molecule has 2 aliphatic heterocycles. The Morgan fingerprint density at radius 1 is 1.44 bits per heavy atom. The van der Waals surface area contributed by atoms with Gasteiger partial charge in [0.2, 0.25) is 0 Å². The highest BCUT2D eigenvalue weighted by atomic mass is 79.9. The van der Waals surface area contributed by atoms with Crippen molar-refractivity contribution in [1.82, 2.24) is 5.43 Å². The Hall–Kier alpha value is -1.36. The van der Waals surface area contributed by atoms with Crippen LogP contribution in [0.1, 0.15) is 25.3 Å². The number of halogens is 1. The van der Waals surface area contributed by atoms with Gasteiger partial charge in [-0.25, -0.2) is 5.43 Å². The van der Waals surface area contributed by atoms with E-state index in [9.17, 15) is 4.79 Å². The average Bonchev–Trinajstić information content (AvgIpc) is 2.53. The highest BCUT2D eigenvalue weighted by molar-refractivity contribution is 9.10. The van der Waals surface area contributed by atoms with Crippen molar-refractivity contribution in [3.63, 3.8) is 0 Å². The van der Waals surface area contributed by atoms with Gasteiger partial charge in [0.05, 0.1) is 0 Å². The zero-order valence-electron chi connectivity index (χ0n) is 10.1. The molecule has 5 heteroatoms. The van der Waals surface area contributed by atoms with Crippen LogP contribution in [0.5, 0.6) is 0 Å². The van der Waals surface area contributed by atoms with Crippen LogP contribution in [0, 0.1) is 0 Å². The number of nitrogens with zero attached hydrogens (tertiary/aromatic N) is 2. The number of amides is 1. The lowest BCUT2D eigenvalue weighted by Gasteiger charge is -2.34. The van der Waals surface area contributed by atoms with Gasteiger partial charge in [-0.15, -0.1) is 0 Å². The third-order valence-corrected chi connectivity index (χ3v) is 3.99. The third-order valence-electron chi connectivity index (χ3n) is 3.49. The Morgan fingerprint density at radius 2 is 2.28 bits per heavy atom. The van der Waals surface area contributed by atoms with Crippen LogP contribution in [0.15, 0.2) is 27.8 Å². The Kier molecular flexibility index (Phi) is 2.86. The minimum atomic E-state index is -0.205. The maximum absolute atomic E-state index is 11.8. The Morgan fingerprint density at radius 3 is 3.11 bits per heavy atom. The summed E-state index contributed by atoms with van der Waals surface area (Å²) in [7, 11) is 0. The maximum atomic E-state index is 11.8. The summed E-state index contributed by atoms with van der Waals surface area (Å²) >= 11 is 3.50. The molecule has 0 unspecified atom stereocenters. The fourth-order valence-corrected chi connectivity index (χ4v) is 2.89. The lowest BCUT2D eigenvalue weighted by atomic mass is 10.1. The standard InChI is InChI=1S/C13H14BrN3O/c1-8-13(18)16-15-12-4-2-3-9-5-6-10(14)7-11(9)17(8)12/h5-8H,2-4H2,1H3,(H,16,18)/t8-/m1/s1. The first kappa shape index (κ1) is 11.7. The third kappa shape index (κ3) is 1.82. The molecule has 0 aliphatic carbocycles. The lowest BCUT2D eigenvalue weighted by molar-refractivity contribution is -0.122. The molecule has 3 rings (SSSR count). The number of hydrogen-bond acceptors (Lipinski definition) is 3. The monoisotopic (exact) mass is 307 g/mol. The van der Waals surface area contributed by atoms with Crippen molar-refractivity contribution < 1.29 is 4.79 Å². The topological polar surface area (TPSA) is 44.7 Å². The van der Waals surface area contributed by atoms with Crippen molar-refractivity contribution in [3.05, 3.63) is 28.2 Å². The molecule has 0 radical (unpaired) electrons. The molecular formula is C13H14BrN3O. The summed E-state index contributed by atoms with van der Waals surface area (Å²) in [5.41, 5.74) is 4.98. The first-order valence-electron chi connectivity index (χ1n) is 6.11. The molecule has 1 amide bonds. The second-order valence-electron chi connectivity index (χ2n) is 4.68. The van der Waals surface area contributed by atoms with Gasteiger partial charge in [-0.1, -0.05) is 22.0 Å². The molecule has 0 saturated heterocycles. The molecule has 18 heavy (non-hydrogen) atoms. The molecule has 0 aromatic heterocycles. The lowest BCUT2D eigenvalue weighted by Crippen LogP contribution is -2.52. The van der Waals surface area contributed by atoms with E-state index in [1.807, 2.05) is 6.92 Å². The van der Waals surface area contributed by atoms with E-state index in [4.69, 9.17) is 0 Å². The highest BCUT2D eigenvalue weighted by Gasteiger charge is 2.32. The van der Waals surface area contributed by atoms with E-state index in [1.54, 1.807) is 0 Å². The molecule has 1 aromatic rings. The van der Waals surface area contributed by atoms with E-state index in [1.165, 1.54) is 5.56 Å². The number of amidine groups is 1. The van der Waals surface area contributed by atoms with Crippen LogP contribution >= 0.6 is 15.9 Å². The first-order valence-corrected chi connectivity index (χ1v) is 6.90. The number of carbonyl (C=O) groups is 1. The van der Waals surface area contributed by atoms with E-state index in [-0.39, 0.29) is 11.9 Å². The van der Waals surface area contributed by atoms with E-state index in [0.717, 1.165) is 35.3 Å². The van der Waals surface area contributed by atoms with Gasteiger partial charge < -0.3 is 4.90 Å². The van der Waals surface area contributed by atoms with Crippen LogP contribution in [-0.4, -0.2) is 17.8 Å². The fraction of sp³-hybridized carbons (Fsp3) is 0.385. The molecule has 0 spiro atoms. The summed E-state index contributed by atoms with van der Waals surface area (Å²) in [5, 5.41) is 4.20. The molecule has 94 valence electrons. The number of hydrazone groups is 1. The number of benzene rings is 1. The zero-order valence-corrected chi connectivity index (χ0v) is 11.7. The number of fused-ring (bicyclic) bond motifs is 3. The van der Waals surface area contributed by atoms with Crippen molar-refractivity contribution in [3.8, 4) is 0 Å². The van der Waals surface area contributed by atoms with Crippen LogP contribution < -0.4 is 10.3 Å². The SMILES string of the molecule is C[C@@H]1C(=O)NN=C2CCCc3ccc(Br)cc3N21. The largest absolute Gasteiger partial charge is 0.316 e. The van der Waals surface area contributed by atoms with E-state index in [0.29, 0.717) is 0 Å². The molecule has 4 nitrogen and oxygen atoms in total. The summed E-state index contributed by atoms with van der Waals surface area (Å²) in [4.78, 5) is 13.8. The number of aryl methyl sites for hydroxylation is 1. The summed E-state index contributed by atoms with van der Waals surface area (Å²) in [6, 6.07) is 6.05. The molecule has 0 saturated carbocycles. The highest BCUT2D eigenvalue weighted by Crippen LogP contribution is 2.32. The number of hydrogen-bond donors (Lipinski definition) is 1. The smallest absolute Gasteiger partial charge is 0.262 e. The molecule has 1 atom stereocenters. The minimum Gasteiger partial charge on any atom is -0.316 e. The van der Waals surface area contributed by atoms with Crippen LogP contribution in [0.3, 0.4) is 0 Å². The number of anilines is 1. The minimum absolute atomic E-state index is 0.0495. The first-order chi connectivity index (χ1) is 8.66. The number of rotatable bonds is 0. The van der Waals surface area contributed by atoms with Gasteiger partial charge in [-0.05, 0) is 37.5 Å². The van der Waals surface area contributed by atoms with Crippen molar-refractivity contribution in [2.24, 2.45) is 5.10 Å². The van der Waals surface area contributed by atoms with Crippen LogP contribution in [0.25, 0.3) is 0 Å².